The Bertz CT molecular complexity index is 590. The lowest BCUT2D eigenvalue weighted by molar-refractivity contribution is -0.274. The van der Waals surface area contributed by atoms with Gasteiger partial charge in [-0.25, -0.2) is 0 Å². The van der Waals surface area contributed by atoms with Crippen LogP contribution in [0.3, 0.4) is 0 Å². The van der Waals surface area contributed by atoms with Gasteiger partial charge in [0.1, 0.15) is 5.75 Å². The van der Waals surface area contributed by atoms with E-state index < -0.39 is 6.36 Å². The number of alkyl halides is 3. The maximum Gasteiger partial charge on any atom is 0.573 e. The van der Waals surface area contributed by atoms with Gasteiger partial charge in [0.25, 0.3) is 0 Å². The molecule has 0 aliphatic heterocycles. The van der Waals surface area contributed by atoms with E-state index in [-0.39, 0.29) is 24.2 Å². The molecule has 0 saturated heterocycles. The maximum atomic E-state index is 12.1. The van der Waals surface area contributed by atoms with E-state index in [2.05, 4.69) is 27.3 Å². The lowest BCUT2D eigenvalue weighted by Gasteiger charge is -2.15. The smallest absolute Gasteiger partial charge is 0.406 e. The summed E-state index contributed by atoms with van der Waals surface area (Å²) in [6.45, 7) is 0. The maximum absolute atomic E-state index is 12.1. The average molecular weight is 430 g/mol. The Kier molecular flexibility index (Phi) is 6.30. The highest BCUT2D eigenvalue weighted by atomic mass is 127. The van der Waals surface area contributed by atoms with Crippen LogP contribution in [0.1, 0.15) is 17.2 Å². The van der Waals surface area contributed by atoms with Crippen LogP contribution in [-0.2, 0) is 0 Å². The Morgan fingerprint density at radius 2 is 1.57 bits per heavy atom. The van der Waals surface area contributed by atoms with Crippen molar-refractivity contribution in [1.29, 1.82) is 0 Å². The third-order valence-electron chi connectivity index (χ3n) is 2.71. The molecule has 2 aromatic rings. The van der Waals surface area contributed by atoms with Crippen LogP contribution in [0.5, 0.6) is 5.75 Å². The van der Waals surface area contributed by atoms with E-state index in [9.17, 15) is 13.2 Å². The molecular formula is C14H12ClF3INO. The lowest BCUT2D eigenvalue weighted by Crippen LogP contribution is -2.17. The molecule has 0 spiro atoms. The Morgan fingerprint density at radius 3 is 2.10 bits per heavy atom. The van der Waals surface area contributed by atoms with Crippen molar-refractivity contribution in [3.8, 4) is 5.75 Å². The van der Waals surface area contributed by atoms with E-state index >= 15 is 0 Å². The van der Waals surface area contributed by atoms with Gasteiger partial charge in [0, 0.05) is 3.57 Å². The van der Waals surface area contributed by atoms with Gasteiger partial charge in [-0.1, -0.05) is 30.3 Å². The van der Waals surface area contributed by atoms with Crippen LogP contribution in [0.2, 0.25) is 0 Å². The van der Waals surface area contributed by atoms with E-state index in [1.807, 2.05) is 24.3 Å². The molecule has 0 fully saturated rings. The molecule has 0 aromatic heterocycles. The molecular weight excluding hydrogens is 418 g/mol. The fourth-order valence-electron chi connectivity index (χ4n) is 1.78. The van der Waals surface area contributed by atoms with E-state index in [4.69, 9.17) is 5.73 Å². The van der Waals surface area contributed by atoms with Crippen molar-refractivity contribution in [3.63, 3.8) is 0 Å². The molecule has 114 valence electrons. The second-order valence-corrected chi connectivity index (χ2v) is 5.28. The van der Waals surface area contributed by atoms with Crippen molar-refractivity contribution >= 4 is 35.0 Å². The first kappa shape index (κ1) is 18.1. The summed E-state index contributed by atoms with van der Waals surface area (Å²) in [4.78, 5) is 0. The topological polar surface area (TPSA) is 35.2 Å². The molecule has 0 radical (unpaired) electrons. The summed E-state index contributed by atoms with van der Waals surface area (Å²) in [5.74, 6) is -0.254. The van der Waals surface area contributed by atoms with Crippen LogP contribution >= 0.6 is 35.0 Å². The molecule has 0 aliphatic rings. The zero-order chi connectivity index (χ0) is 14.8. The summed E-state index contributed by atoms with van der Waals surface area (Å²) < 4.78 is 41.0. The van der Waals surface area contributed by atoms with E-state index in [1.165, 1.54) is 24.3 Å². The summed E-state index contributed by atoms with van der Waals surface area (Å²) in [5.41, 5.74) is 7.78. The summed E-state index contributed by atoms with van der Waals surface area (Å²) in [7, 11) is 0. The Morgan fingerprint density at radius 1 is 1.00 bits per heavy atom. The first-order valence-electron chi connectivity index (χ1n) is 5.72. The molecule has 1 atom stereocenters. The van der Waals surface area contributed by atoms with Crippen molar-refractivity contribution < 1.29 is 17.9 Å². The normalized spacial score (nSPS) is 12.4. The average Bonchev–Trinajstić information content (AvgIpc) is 2.37. The fraction of sp³-hybridized carbons (Fsp3) is 0.143. The van der Waals surface area contributed by atoms with Gasteiger partial charge >= 0.3 is 6.36 Å². The number of nitrogens with two attached hydrogens (primary N) is 1. The largest absolute Gasteiger partial charge is 0.573 e. The summed E-state index contributed by atoms with van der Waals surface area (Å²) in [6, 6.07) is 12.8. The van der Waals surface area contributed by atoms with E-state index in [0.29, 0.717) is 0 Å². The first-order valence-corrected chi connectivity index (χ1v) is 6.80. The molecule has 0 amide bonds. The quantitative estimate of drug-likeness (QED) is 0.721. The predicted molar refractivity (Wildman–Crippen MR) is 85.6 cm³/mol. The Balaban J connectivity index is 0.00000220. The van der Waals surface area contributed by atoms with Gasteiger partial charge < -0.3 is 10.5 Å². The molecule has 0 bridgehead atoms. The molecule has 0 unspecified atom stereocenters. The van der Waals surface area contributed by atoms with Crippen molar-refractivity contribution in [1.82, 2.24) is 0 Å². The lowest BCUT2D eigenvalue weighted by atomic mass is 10.00. The third kappa shape index (κ3) is 5.05. The van der Waals surface area contributed by atoms with Crippen molar-refractivity contribution in [2.45, 2.75) is 12.4 Å². The van der Waals surface area contributed by atoms with Crippen LogP contribution in [0.15, 0.2) is 48.5 Å². The molecule has 7 heteroatoms. The number of hydrogen-bond acceptors (Lipinski definition) is 2. The minimum atomic E-state index is -4.68. The van der Waals surface area contributed by atoms with E-state index in [1.54, 1.807) is 0 Å². The van der Waals surface area contributed by atoms with Crippen LogP contribution in [0.4, 0.5) is 13.2 Å². The first-order chi connectivity index (χ1) is 9.37. The monoisotopic (exact) mass is 429 g/mol. The zero-order valence-electron chi connectivity index (χ0n) is 10.6. The minimum Gasteiger partial charge on any atom is -0.406 e. The van der Waals surface area contributed by atoms with Gasteiger partial charge in [-0.3, -0.25) is 0 Å². The molecule has 2 N–H and O–H groups in total. The molecule has 0 heterocycles. The number of ether oxygens (including phenoxy) is 1. The summed E-state index contributed by atoms with van der Waals surface area (Å²) in [5, 5.41) is 0. The van der Waals surface area contributed by atoms with Crippen molar-refractivity contribution in [3.05, 3.63) is 63.2 Å². The fourth-order valence-corrected chi connectivity index (χ4v) is 2.51. The minimum absolute atomic E-state index is 0. The van der Waals surface area contributed by atoms with Gasteiger partial charge in [-0.15, -0.1) is 25.6 Å². The summed E-state index contributed by atoms with van der Waals surface area (Å²) in [6.07, 6.45) is -4.68. The second kappa shape index (κ2) is 7.33. The molecule has 2 rings (SSSR count). The highest BCUT2D eigenvalue weighted by Gasteiger charge is 2.31. The standard InChI is InChI=1S/C14H11F3INO.ClH/c15-14(16,17)20-10-7-5-9(6-8-10)13(19)11-3-1-2-4-12(11)18;/h1-8,13H,19H2;1H/t13-;/m0./s1. The Hall–Kier alpha value is -0.990. The number of benzene rings is 2. The molecule has 0 aliphatic carbocycles. The van der Waals surface area contributed by atoms with Gasteiger partial charge in [-0.05, 0) is 51.9 Å². The highest BCUT2D eigenvalue weighted by Crippen LogP contribution is 2.27. The second-order valence-electron chi connectivity index (χ2n) is 4.12. The number of rotatable bonds is 3. The van der Waals surface area contributed by atoms with Gasteiger partial charge in [0.2, 0.25) is 0 Å². The molecule has 0 saturated carbocycles. The van der Waals surface area contributed by atoms with Crippen LogP contribution < -0.4 is 10.5 Å². The third-order valence-corrected chi connectivity index (χ3v) is 3.70. The highest BCUT2D eigenvalue weighted by molar-refractivity contribution is 14.1. The Labute approximate surface area is 140 Å². The summed E-state index contributed by atoms with van der Waals surface area (Å²) >= 11 is 2.17. The SMILES string of the molecule is Cl.N[C@@H](c1ccc(OC(F)(F)F)cc1)c1ccccc1I. The molecule has 2 nitrogen and oxygen atoms in total. The van der Waals surface area contributed by atoms with Crippen LogP contribution in [0, 0.1) is 3.57 Å². The van der Waals surface area contributed by atoms with Crippen LogP contribution in [0.25, 0.3) is 0 Å². The number of hydrogen-bond donors (Lipinski definition) is 1. The van der Waals surface area contributed by atoms with Gasteiger partial charge in [0.05, 0.1) is 6.04 Å². The van der Waals surface area contributed by atoms with Crippen LogP contribution in [-0.4, -0.2) is 6.36 Å². The van der Waals surface area contributed by atoms with Gasteiger partial charge in [0.15, 0.2) is 0 Å². The zero-order valence-corrected chi connectivity index (χ0v) is 13.6. The molecule has 2 aromatic carbocycles. The van der Waals surface area contributed by atoms with E-state index in [0.717, 1.165) is 14.7 Å². The van der Waals surface area contributed by atoms with Crippen molar-refractivity contribution in [2.75, 3.05) is 0 Å². The molecule has 21 heavy (non-hydrogen) atoms. The van der Waals surface area contributed by atoms with Gasteiger partial charge in [-0.2, -0.15) is 0 Å². The predicted octanol–water partition coefficient (Wildman–Crippen LogP) is 4.66. The number of halogens is 5. The van der Waals surface area contributed by atoms with Crippen molar-refractivity contribution in [2.24, 2.45) is 5.73 Å².